The first-order valence-electron chi connectivity index (χ1n) is 5.80. The minimum Gasteiger partial charge on any atom is -0.387 e. The van der Waals surface area contributed by atoms with Crippen LogP contribution >= 0.6 is 11.6 Å². The average molecular weight is 280 g/mol. The van der Waals surface area contributed by atoms with Crippen LogP contribution in [-0.2, 0) is 6.42 Å². The third kappa shape index (κ3) is 3.45. The summed E-state index contributed by atoms with van der Waals surface area (Å²) in [7, 11) is 1.76. The van der Waals surface area contributed by atoms with Gasteiger partial charge in [-0.2, -0.15) is 5.10 Å². The van der Waals surface area contributed by atoms with E-state index in [0.29, 0.717) is 23.6 Å². The second kappa shape index (κ2) is 6.19. The summed E-state index contributed by atoms with van der Waals surface area (Å²) < 4.78 is 0. The van der Waals surface area contributed by atoms with E-state index in [1.54, 1.807) is 25.2 Å². The van der Waals surface area contributed by atoms with Crippen molar-refractivity contribution in [3.63, 3.8) is 0 Å². The number of carbonyl (C=O) groups is 1. The molecule has 7 heteroatoms. The Morgan fingerprint density at radius 2 is 2.32 bits per heavy atom. The third-order valence-corrected chi connectivity index (χ3v) is 2.84. The molecule has 1 aromatic heterocycles. The van der Waals surface area contributed by atoms with Gasteiger partial charge in [-0.05, 0) is 18.2 Å². The zero-order valence-electron chi connectivity index (χ0n) is 10.4. The number of carbonyl (C=O) groups excluding carboxylic acids is 1. The Morgan fingerprint density at radius 1 is 1.47 bits per heavy atom. The number of anilines is 1. The summed E-state index contributed by atoms with van der Waals surface area (Å²) in [4.78, 5) is 16.0. The molecule has 0 saturated heterocycles. The molecule has 1 heterocycles. The fourth-order valence-electron chi connectivity index (χ4n) is 1.66. The van der Waals surface area contributed by atoms with Crippen molar-refractivity contribution < 1.29 is 4.79 Å². The van der Waals surface area contributed by atoms with Gasteiger partial charge in [0.25, 0.3) is 5.91 Å². The first-order valence-corrected chi connectivity index (χ1v) is 6.18. The lowest BCUT2D eigenvalue weighted by Crippen LogP contribution is -2.26. The van der Waals surface area contributed by atoms with Crippen LogP contribution in [0.3, 0.4) is 0 Å². The van der Waals surface area contributed by atoms with Gasteiger partial charge in [0.05, 0.1) is 5.56 Å². The molecule has 0 unspecified atom stereocenters. The Labute approximate surface area is 115 Å². The zero-order valence-corrected chi connectivity index (χ0v) is 11.2. The van der Waals surface area contributed by atoms with Crippen molar-refractivity contribution in [1.82, 2.24) is 20.5 Å². The fraction of sp³-hybridized carbons (Fsp3) is 0.250. The summed E-state index contributed by atoms with van der Waals surface area (Å²) in [6.07, 6.45) is 2.04. The first-order chi connectivity index (χ1) is 9.20. The molecule has 0 aliphatic carbocycles. The standard InChI is InChI=1S/C12H14ClN5O/c1-14-10-3-2-8(13)6-9(10)12(19)15-5-4-11-16-7-17-18-11/h2-3,6-7,14H,4-5H2,1H3,(H,15,19)(H,16,17,18). The van der Waals surface area contributed by atoms with Gasteiger partial charge in [0.1, 0.15) is 12.2 Å². The number of nitrogens with zero attached hydrogens (tertiary/aromatic N) is 2. The number of hydrogen-bond acceptors (Lipinski definition) is 4. The first kappa shape index (κ1) is 13.4. The molecule has 19 heavy (non-hydrogen) atoms. The van der Waals surface area contributed by atoms with Crippen molar-refractivity contribution in [2.24, 2.45) is 0 Å². The van der Waals surface area contributed by atoms with Crippen molar-refractivity contribution >= 4 is 23.2 Å². The number of halogens is 1. The van der Waals surface area contributed by atoms with Gasteiger partial charge in [0.2, 0.25) is 0 Å². The van der Waals surface area contributed by atoms with Gasteiger partial charge in [0, 0.05) is 30.7 Å². The molecule has 1 amide bonds. The Bertz CT molecular complexity index is 555. The van der Waals surface area contributed by atoms with Crippen LogP contribution in [0.15, 0.2) is 24.5 Å². The maximum atomic E-state index is 12.0. The molecule has 0 bridgehead atoms. The van der Waals surface area contributed by atoms with Gasteiger partial charge in [0.15, 0.2) is 0 Å². The highest BCUT2D eigenvalue weighted by atomic mass is 35.5. The Kier molecular flexibility index (Phi) is 4.35. The van der Waals surface area contributed by atoms with Crippen molar-refractivity contribution in [3.8, 4) is 0 Å². The van der Waals surface area contributed by atoms with Crippen molar-refractivity contribution in [2.75, 3.05) is 18.9 Å². The monoisotopic (exact) mass is 279 g/mol. The van der Waals surface area contributed by atoms with E-state index in [9.17, 15) is 4.79 Å². The molecule has 1 aromatic carbocycles. The number of nitrogens with one attached hydrogen (secondary N) is 3. The van der Waals surface area contributed by atoms with Crippen LogP contribution in [0.5, 0.6) is 0 Å². The highest BCUT2D eigenvalue weighted by molar-refractivity contribution is 6.31. The van der Waals surface area contributed by atoms with Crippen molar-refractivity contribution in [2.45, 2.75) is 6.42 Å². The topological polar surface area (TPSA) is 82.7 Å². The molecule has 2 aromatic rings. The van der Waals surface area contributed by atoms with Crippen LogP contribution in [0.25, 0.3) is 0 Å². The quantitative estimate of drug-likeness (QED) is 0.774. The van der Waals surface area contributed by atoms with Crippen LogP contribution in [0.2, 0.25) is 5.02 Å². The number of hydrogen-bond donors (Lipinski definition) is 3. The fourth-order valence-corrected chi connectivity index (χ4v) is 1.84. The minimum atomic E-state index is -0.175. The molecule has 0 radical (unpaired) electrons. The second-order valence-corrected chi connectivity index (χ2v) is 4.31. The van der Waals surface area contributed by atoms with Crippen LogP contribution in [0.1, 0.15) is 16.2 Å². The number of amides is 1. The molecular weight excluding hydrogens is 266 g/mol. The second-order valence-electron chi connectivity index (χ2n) is 3.88. The number of aromatic amines is 1. The van der Waals surface area contributed by atoms with E-state index in [-0.39, 0.29) is 5.91 Å². The van der Waals surface area contributed by atoms with Crippen LogP contribution in [-0.4, -0.2) is 34.7 Å². The third-order valence-electron chi connectivity index (χ3n) is 2.61. The maximum absolute atomic E-state index is 12.0. The van der Waals surface area contributed by atoms with Gasteiger partial charge in [-0.1, -0.05) is 11.6 Å². The Balaban J connectivity index is 1.97. The molecule has 0 aliphatic heterocycles. The van der Waals surface area contributed by atoms with Crippen LogP contribution in [0.4, 0.5) is 5.69 Å². The lowest BCUT2D eigenvalue weighted by molar-refractivity contribution is 0.0955. The van der Waals surface area contributed by atoms with Crippen LogP contribution in [0, 0.1) is 0 Å². The van der Waals surface area contributed by atoms with Gasteiger partial charge >= 0.3 is 0 Å². The molecule has 0 atom stereocenters. The summed E-state index contributed by atoms with van der Waals surface area (Å²) in [6, 6.07) is 5.14. The van der Waals surface area contributed by atoms with Crippen LogP contribution < -0.4 is 10.6 Å². The largest absolute Gasteiger partial charge is 0.387 e. The van der Waals surface area contributed by atoms with E-state index >= 15 is 0 Å². The molecule has 2 rings (SSSR count). The zero-order chi connectivity index (χ0) is 13.7. The number of benzene rings is 1. The molecular formula is C12H14ClN5O. The molecule has 0 fully saturated rings. The predicted molar refractivity (Wildman–Crippen MR) is 73.4 cm³/mol. The lowest BCUT2D eigenvalue weighted by atomic mass is 10.1. The van der Waals surface area contributed by atoms with Crippen molar-refractivity contribution in [3.05, 3.63) is 40.9 Å². The SMILES string of the molecule is CNc1ccc(Cl)cc1C(=O)NCCc1ncn[nH]1. The van der Waals surface area contributed by atoms with E-state index < -0.39 is 0 Å². The summed E-state index contributed by atoms with van der Waals surface area (Å²) in [5.74, 6) is 0.562. The molecule has 0 saturated carbocycles. The van der Waals surface area contributed by atoms with Gasteiger partial charge in [-0.15, -0.1) is 0 Å². The predicted octanol–water partition coefficient (Wildman–Crippen LogP) is 1.47. The number of H-pyrrole nitrogens is 1. The van der Waals surface area contributed by atoms with E-state index in [1.807, 2.05) is 0 Å². The highest BCUT2D eigenvalue weighted by Gasteiger charge is 2.11. The molecule has 0 aliphatic rings. The molecule has 100 valence electrons. The van der Waals surface area contributed by atoms with Gasteiger partial charge in [-0.25, -0.2) is 4.98 Å². The van der Waals surface area contributed by atoms with E-state index in [4.69, 9.17) is 11.6 Å². The summed E-state index contributed by atoms with van der Waals surface area (Å²) >= 11 is 5.90. The smallest absolute Gasteiger partial charge is 0.253 e. The summed E-state index contributed by atoms with van der Waals surface area (Å²) in [5.41, 5.74) is 1.26. The normalized spacial score (nSPS) is 10.2. The van der Waals surface area contributed by atoms with E-state index in [1.165, 1.54) is 6.33 Å². The Hall–Kier alpha value is -2.08. The van der Waals surface area contributed by atoms with E-state index in [2.05, 4.69) is 25.8 Å². The highest BCUT2D eigenvalue weighted by Crippen LogP contribution is 2.20. The summed E-state index contributed by atoms with van der Waals surface area (Å²) in [5, 5.41) is 12.8. The molecule has 0 spiro atoms. The van der Waals surface area contributed by atoms with E-state index in [0.717, 1.165) is 11.5 Å². The number of aromatic nitrogens is 3. The van der Waals surface area contributed by atoms with Gasteiger partial charge in [-0.3, -0.25) is 9.89 Å². The minimum absolute atomic E-state index is 0.175. The molecule has 3 N–H and O–H groups in total. The number of rotatable bonds is 5. The maximum Gasteiger partial charge on any atom is 0.253 e. The average Bonchev–Trinajstić information content (AvgIpc) is 2.91. The van der Waals surface area contributed by atoms with Gasteiger partial charge < -0.3 is 10.6 Å². The lowest BCUT2D eigenvalue weighted by Gasteiger charge is -2.09. The Morgan fingerprint density at radius 3 is 3.00 bits per heavy atom. The van der Waals surface area contributed by atoms with Crippen molar-refractivity contribution in [1.29, 1.82) is 0 Å². The summed E-state index contributed by atoms with van der Waals surface area (Å²) in [6.45, 7) is 0.476. The molecule has 6 nitrogen and oxygen atoms in total.